The Morgan fingerprint density at radius 2 is 2.00 bits per heavy atom. The first-order valence-corrected chi connectivity index (χ1v) is 5.56. The number of aromatic nitrogens is 4. The molecule has 0 unspecified atom stereocenters. The van der Waals surface area contributed by atoms with Gasteiger partial charge in [0.25, 0.3) is 5.56 Å². The summed E-state index contributed by atoms with van der Waals surface area (Å²) in [7, 11) is 1.43. The van der Waals surface area contributed by atoms with Gasteiger partial charge in [-0.1, -0.05) is 6.92 Å². The van der Waals surface area contributed by atoms with Crippen LogP contribution < -0.4 is 11.2 Å². The fourth-order valence-electron chi connectivity index (χ4n) is 1.70. The highest BCUT2D eigenvalue weighted by molar-refractivity contribution is 5.54. The Hall–Kier alpha value is -1.98. The minimum absolute atomic E-state index is 0.320. The van der Waals surface area contributed by atoms with E-state index in [0.29, 0.717) is 17.9 Å². The van der Waals surface area contributed by atoms with E-state index in [1.54, 1.807) is 10.7 Å². The van der Waals surface area contributed by atoms with Crippen molar-refractivity contribution in [2.45, 2.75) is 26.8 Å². The minimum Gasteiger partial charge on any atom is -0.268 e. The maximum Gasteiger partial charge on any atom is 0.352 e. The molecule has 90 valence electrons. The maximum absolute atomic E-state index is 12.0. The van der Waals surface area contributed by atoms with Crippen LogP contribution in [-0.4, -0.2) is 19.3 Å². The molecule has 0 radical (unpaired) electrons. The molecule has 0 spiro atoms. The van der Waals surface area contributed by atoms with Gasteiger partial charge in [-0.15, -0.1) is 0 Å². The molecule has 6 nitrogen and oxygen atoms in total. The summed E-state index contributed by atoms with van der Waals surface area (Å²) in [6.07, 6.45) is 0.734. The first-order valence-electron chi connectivity index (χ1n) is 5.56. The molecule has 6 heteroatoms. The topological polar surface area (TPSA) is 69.8 Å². The number of nitrogens with zero attached hydrogens (tertiary/aromatic N) is 4. The van der Waals surface area contributed by atoms with E-state index < -0.39 is 5.69 Å². The van der Waals surface area contributed by atoms with Crippen LogP contribution in [0.1, 0.15) is 19.5 Å². The molecular formula is C11H14N4O2. The maximum atomic E-state index is 12.0. The van der Waals surface area contributed by atoms with Gasteiger partial charge in [-0.25, -0.2) is 9.48 Å². The van der Waals surface area contributed by atoms with E-state index >= 15 is 0 Å². The van der Waals surface area contributed by atoms with Gasteiger partial charge in [0.05, 0.1) is 11.3 Å². The molecular weight excluding hydrogens is 220 g/mol. The Morgan fingerprint density at radius 3 is 2.59 bits per heavy atom. The Labute approximate surface area is 97.9 Å². The predicted molar refractivity (Wildman–Crippen MR) is 63.2 cm³/mol. The van der Waals surface area contributed by atoms with E-state index in [2.05, 4.69) is 10.1 Å². The third-order valence-corrected chi connectivity index (χ3v) is 2.73. The molecule has 0 aromatic rings. The van der Waals surface area contributed by atoms with Gasteiger partial charge >= 0.3 is 5.69 Å². The van der Waals surface area contributed by atoms with Gasteiger partial charge < -0.3 is 0 Å². The number of aryl methyl sites for hydroxylation is 2. The van der Waals surface area contributed by atoms with Crippen molar-refractivity contribution in [2.24, 2.45) is 7.05 Å². The number of hydrogen-bond acceptors (Lipinski definition) is 4. The summed E-state index contributed by atoms with van der Waals surface area (Å²) < 4.78 is 2.61. The molecule has 0 atom stereocenters. The molecule has 0 aliphatic carbocycles. The van der Waals surface area contributed by atoms with Crippen molar-refractivity contribution in [3.63, 3.8) is 0 Å². The summed E-state index contributed by atoms with van der Waals surface area (Å²) in [5, 5.41) is 4.32. The van der Waals surface area contributed by atoms with Crippen LogP contribution in [0, 0.1) is 0 Å². The summed E-state index contributed by atoms with van der Waals surface area (Å²) in [4.78, 5) is 27.3. The molecule has 2 rings (SSSR count). The average Bonchev–Trinajstić information content (AvgIpc) is 2.35. The number of fused-ring (bicyclic) bond motifs is 1. The van der Waals surface area contributed by atoms with E-state index in [9.17, 15) is 9.59 Å². The molecule has 0 aromatic heterocycles. The molecule has 2 heterocycles. The summed E-state index contributed by atoms with van der Waals surface area (Å²) in [5.74, 6) is 0.359. The van der Waals surface area contributed by atoms with Crippen LogP contribution in [0.15, 0.2) is 15.7 Å². The van der Waals surface area contributed by atoms with Gasteiger partial charge in [0.15, 0.2) is 5.82 Å². The quantitative estimate of drug-likeness (QED) is 0.734. The van der Waals surface area contributed by atoms with Crippen LogP contribution >= 0.6 is 0 Å². The normalized spacial score (nSPS) is 11.0. The van der Waals surface area contributed by atoms with Crippen molar-refractivity contribution >= 4 is 0 Å². The van der Waals surface area contributed by atoms with Gasteiger partial charge in [-0.05, 0) is 19.4 Å². The fourth-order valence-corrected chi connectivity index (χ4v) is 1.70. The zero-order valence-corrected chi connectivity index (χ0v) is 10.1. The van der Waals surface area contributed by atoms with Gasteiger partial charge in [-0.2, -0.15) is 10.1 Å². The standard InChI is InChI=1S/C11H14N4O2/c1-4-7-6-8-9(15(5-2)13-7)12-11(17)14(3)10(8)16/h6H,4-5H2,1-3H3. The van der Waals surface area contributed by atoms with Crippen molar-refractivity contribution in [3.8, 4) is 11.4 Å². The second-order valence-corrected chi connectivity index (χ2v) is 3.80. The Morgan fingerprint density at radius 1 is 1.29 bits per heavy atom. The average molecular weight is 234 g/mol. The first kappa shape index (κ1) is 11.5. The molecule has 17 heavy (non-hydrogen) atoms. The number of rotatable bonds is 2. The Kier molecular flexibility index (Phi) is 2.79. The Bertz CT molecular complexity index is 641. The SMILES string of the molecule is CCc1cc2c(=O)n(C)c(=O)nc-2n(CC)n1. The van der Waals surface area contributed by atoms with Crippen LogP contribution in [-0.2, 0) is 20.0 Å². The first-order chi connectivity index (χ1) is 8.08. The monoisotopic (exact) mass is 234 g/mol. The second-order valence-electron chi connectivity index (χ2n) is 3.80. The van der Waals surface area contributed by atoms with E-state index in [-0.39, 0.29) is 5.56 Å². The van der Waals surface area contributed by atoms with Crippen LogP contribution in [0.25, 0.3) is 11.4 Å². The number of hydrogen-bond donors (Lipinski definition) is 0. The third kappa shape index (κ3) is 1.75. The van der Waals surface area contributed by atoms with Gasteiger partial charge in [-0.3, -0.25) is 9.36 Å². The molecule has 0 saturated heterocycles. The van der Waals surface area contributed by atoms with E-state index in [1.165, 1.54) is 7.05 Å². The molecule has 0 N–H and O–H groups in total. The van der Waals surface area contributed by atoms with Crippen molar-refractivity contribution < 1.29 is 0 Å². The molecule has 2 aliphatic rings. The van der Waals surface area contributed by atoms with Crippen molar-refractivity contribution in [3.05, 3.63) is 32.6 Å². The molecule has 0 saturated carbocycles. The highest BCUT2D eigenvalue weighted by atomic mass is 16.2. The van der Waals surface area contributed by atoms with Gasteiger partial charge in [0, 0.05) is 13.6 Å². The van der Waals surface area contributed by atoms with Crippen LogP contribution in [0.2, 0.25) is 0 Å². The molecule has 0 aromatic carbocycles. The second kappa shape index (κ2) is 4.12. The van der Waals surface area contributed by atoms with Crippen molar-refractivity contribution in [1.29, 1.82) is 0 Å². The summed E-state index contributed by atoms with van der Waals surface area (Å²) in [5.41, 5.74) is 0.396. The van der Waals surface area contributed by atoms with E-state index in [4.69, 9.17) is 0 Å². The lowest BCUT2D eigenvalue weighted by Gasteiger charge is -2.13. The van der Waals surface area contributed by atoms with Crippen molar-refractivity contribution in [1.82, 2.24) is 19.3 Å². The zero-order chi connectivity index (χ0) is 12.6. The highest BCUT2D eigenvalue weighted by Gasteiger charge is 2.16. The van der Waals surface area contributed by atoms with Crippen molar-refractivity contribution in [2.75, 3.05) is 0 Å². The zero-order valence-electron chi connectivity index (χ0n) is 10.1. The van der Waals surface area contributed by atoms with Crippen LogP contribution in [0.4, 0.5) is 0 Å². The largest absolute Gasteiger partial charge is 0.352 e. The fraction of sp³-hybridized carbons (Fsp3) is 0.455. The lowest BCUT2D eigenvalue weighted by atomic mass is 10.2. The van der Waals surface area contributed by atoms with Gasteiger partial charge in [0.2, 0.25) is 0 Å². The molecule has 2 aliphatic heterocycles. The predicted octanol–water partition coefficient (Wildman–Crippen LogP) is 0.0241. The minimum atomic E-state index is -0.546. The van der Waals surface area contributed by atoms with E-state index in [0.717, 1.165) is 16.7 Å². The third-order valence-electron chi connectivity index (χ3n) is 2.73. The van der Waals surface area contributed by atoms with Gasteiger partial charge in [0.1, 0.15) is 0 Å². The van der Waals surface area contributed by atoms with E-state index in [1.807, 2.05) is 13.8 Å². The summed E-state index contributed by atoms with van der Waals surface area (Å²) >= 11 is 0. The summed E-state index contributed by atoms with van der Waals surface area (Å²) in [6.45, 7) is 4.44. The lowest BCUT2D eigenvalue weighted by molar-refractivity contribution is 0.606. The Balaban J connectivity index is 2.94. The van der Waals surface area contributed by atoms with Crippen LogP contribution in [0.3, 0.4) is 0 Å². The highest BCUT2D eigenvalue weighted by Crippen LogP contribution is 2.13. The molecule has 0 bridgehead atoms. The molecule has 0 fully saturated rings. The summed E-state index contributed by atoms with van der Waals surface area (Å²) in [6, 6.07) is 1.70. The van der Waals surface area contributed by atoms with Crippen LogP contribution in [0.5, 0.6) is 0 Å². The lowest BCUT2D eigenvalue weighted by Crippen LogP contribution is -2.36. The smallest absolute Gasteiger partial charge is 0.268 e. The molecule has 0 amide bonds.